The molecule has 0 amide bonds. The normalized spacial score (nSPS) is 25.7. The molecule has 20 heavy (non-hydrogen) atoms. The molecular formula is C17H27NO2. The Morgan fingerprint density at radius 2 is 1.80 bits per heavy atom. The second kappa shape index (κ2) is 6.98. The van der Waals surface area contributed by atoms with Crippen LogP contribution in [-0.4, -0.2) is 26.8 Å². The van der Waals surface area contributed by atoms with Crippen molar-refractivity contribution in [2.45, 2.75) is 45.1 Å². The zero-order valence-corrected chi connectivity index (χ0v) is 13.1. The Labute approximate surface area is 122 Å². The van der Waals surface area contributed by atoms with Crippen molar-refractivity contribution in [3.05, 3.63) is 23.8 Å². The number of methoxy groups -OCH3 is 2. The summed E-state index contributed by atoms with van der Waals surface area (Å²) in [6, 6.07) is 6.68. The van der Waals surface area contributed by atoms with E-state index in [1.54, 1.807) is 14.2 Å². The first-order valence-corrected chi connectivity index (χ1v) is 7.67. The summed E-state index contributed by atoms with van der Waals surface area (Å²) in [6.07, 6.45) is 3.61. The summed E-state index contributed by atoms with van der Waals surface area (Å²) >= 11 is 0. The van der Waals surface area contributed by atoms with Gasteiger partial charge < -0.3 is 14.8 Å². The second-order valence-electron chi connectivity index (χ2n) is 5.68. The summed E-state index contributed by atoms with van der Waals surface area (Å²) in [6.45, 7) is 5.66. The van der Waals surface area contributed by atoms with Crippen molar-refractivity contribution in [1.82, 2.24) is 5.32 Å². The monoisotopic (exact) mass is 277 g/mol. The number of hydrogen-bond donors (Lipinski definition) is 1. The predicted molar refractivity (Wildman–Crippen MR) is 82.8 cm³/mol. The molecule has 2 rings (SSSR count). The van der Waals surface area contributed by atoms with Crippen molar-refractivity contribution >= 4 is 0 Å². The summed E-state index contributed by atoms with van der Waals surface area (Å²) in [5.41, 5.74) is 1.24. The topological polar surface area (TPSA) is 30.5 Å². The van der Waals surface area contributed by atoms with E-state index in [0.29, 0.717) is 17.9 Å². The summed E-state index contributed by atoms with van der Waals surface area (Å²) < 4.78 is 11.1. The van der Waals surface area contributed by atoms with Crippen molar-refractivity contribution in [3.63, 3.8) is 0 Å². The van der Waals surface area contributed by atoms with Gasteiger partial charge in [0.1, 0.15) is 11.5 Å². The molecule has 3 heteroatoms. The van der Waals surface area contributed by atoms with Crippen LogP contribution < -0.4 is 14.8 Å². The van der Waals surface area contributed by atoms with Crippen LogP contribution in [0.4, 0.5) is 0 Å². The SMILES string of the molecule is CCCNC1CCC(c2c(OC)cccc2OC)C1C. The third-order valence-corrected chi connectivity index (χ3v) is 4.55. The van der Waals surface area contributed by atoms with E-state index in [1.165, 1.54) is 24.8 Å². The molecule has 3 nitrogen and oxygen atoms in total. The lowest BCUT2D eigenvalue weighted by molar-refractivity contribution is 0.357. The third-order valence-electron chi connectivity index (χ3n) is 4.55. The van der Waals surface area contributed by atoms with Gasteiger partial charge in [-0.2, -0.15) is 0 Å². The van der Waals surface area contributed by atoms with Gasteiger partial charge in [-0.3, -0.25) is 0 Å². The van der Waals surface area contributed by atoms with Crippen LogP contribution in [0.3, 0.4) is 0 Å². The van der Waals surface area contributed by atoms with Crippen LogP contribution in [0.1, 0.15) is 44.6 Å². The molecule has 112 valence electrons. The highest BCUT2D eigenvalue weighted by atomic mass is 16.5. The average molecular weight is 277 g/mol. The molecule has 1 aliphatic rings. The first kappa shape index (κ1) is 15.2. The maximum Gasteiger partial charge on any atom is 0.126 e. The molecule has 0 aliphatic heterocycles. The molecular weight excluding hydrogens is 250 g/mol. The lowest BCUT2D eigenvalue weighted by Crippen LogP contribution is -2.32. The zero-order chi connectivity index (χ0) is 14.5. The summed E-state index contributed by atoms with van der Waals surface area (Å²) in [5.74, 6) is 3.02. The molecule has 0 spiro atoms. The molecule has 0 aromatic heterocycles. The molecule has 1 saturated carbocycles. The molecule has 1 aromatic carbocycles. The van der Waals surface area contributed by atoms with Crippen molar-refractivity contribution in [3.8, 4) is 11.5 Å². The van der Waals surface area contributed by atoms with E-state index in [-0.39, 0.29) is 0 Å². The molecule has 0 bridgehead atoms. The van der Waals surface area contributed by atoms with Crippen molar-refractivity contribution in [1.29, 1.82) is 0 Å². The van der Waals surface area contributed by atoms with Gasteiger partial charge in [0, 0.05) is 11.6 Å². The number of rotatable bonds is 6. The van der Waals surface area contributed by atoms with Gasteiger partial charge in [0.15, 0.2) is 0 Å². The minimum absolute atomic E-state index is 0.510. The average Bonchev–Trinajstić information content (AvgIpc) is 2.84. The van der Waals surface area contributed by atoms with E-state index in [9.17, 15) is 0 Å². The Hall–Kier alpha value is -1.22. The number of nitrogens with one attached hydrogen (secondary N) is 1. The highest BCUT2D eigenvalue weighted by molar-refractivity contribution is 5.48. The Bertz CT molecular complexity index is 411. The van der Waals surface area contributed by atoms with E-state index in [1.807, 2.05) is 18.2 Å². The fourth-order valence-electron chi connectivity index (χ4n) is 3.44. The van der Waals surface area contributed by atoms with Crippen LogP contribution in [0.2, 0.25) is 0 Å². The molecule has 0 saturated heterocycles. The van der Waals surface area contributed by atoms with E-state index >= 15 is 0 Å². The zero-order valence-electron chi connectivity index (χ0n) is 13.1. The predicted octanol–water partition coefficient (Wildman–Crippen LogP) is 3.59. The Balaban J connectivity index is 2.24. The summed E-state index contributed by atoms with van der Waals surface area (Å²) in [5, 5.41) is 3.67. The van der Waals surface area contributed by atoms with Crippen molar-refractivity contribution in [2.24, 2.45) is 5.92 Å². The summed E-state index contributed by atoms with van der Waals surface area (Å²) in [4.78, 5) is 0. The van der Waals surface area contributed by atoms with Gasteiger partial charge in [0.05, 0.1) is 14.2 Å². The molecule has 3 atom stereocenters. The number of hydrogen-bond acceptors (Lipinski definition) is 3. The van der Waals surface area contributed by atoms with Crippen LogP contribution in [0.5, 0.6) is 11.5 Å². The van der Waals surface area contributed by atoms with Gasteiger partial charge in [-0.15, -0.1) is 0 Å². The van der Waals surface area contributed by atoms with Crippen LogP contribution in [0, 0.1) is 5.92 Å². The Morgan fingerprint density at radius 3 is 2.35 bits per heavy atom. The van der Waals surface area contributed by atoms with Crippen LogP contribution >= 0.6 is 0 Å². The van der Waals surface area contributed by atoms with E-state index in [4.69, 9.17) is 9.47 Å². The maximum absolute atomic E-state index is 5.56. The third kappa shape index (κ3) is 2.93. The lowest BCUT2D eigenvalue weighted by atomic mass is 9.87. The van der Waals surface area contributed by atoms with Crippen LogP contribution in [0.15, 0.2) is 18.2 Å². The van der Waals surface area contributed by atoms with Gasteiger partial charge in [0.25, 0.3) is 0 Å². The van der Waals surface area contributed by atoms with Crippen molar-refractivity contribution in [2.75, 3.05) is 20.8 Å². The van der Waals surface area contributed by atoms with Gasteiger partial charge in [0.2, 0.25) is 0 Å². The van der Waals surface area contributed by atoms with Gasteiger partial charge in [-0.05, 0) is 49.8 Å². The first-order valence-electron chi connectivity index (χ1n) is 7.67. The highest BCUT2D eigenvalue weighted by Crippen LogP contribution is 2.46. The minimum Gasteiger partial charge on any atom is -0.496 e. The number of benzene rings is 1. The largest absolute Gasteiger partial charge is 0.496 e. The molecule has 1 fully saturated rings. The van der Waals surface area contributed by atoms with Crippen LogP contribution in [0.25, 0.3) is 0 Å². The first-order chi connectivity index (χ1) is 9.72. The smallest absolute Gasteiger partial charge is 0.126 e. The molecule has 1 N–H and O–H groups in total. The standard InChI is InChI=1S/C17H27NO2/c1-5-11-18-14-10-9-13(12(14)2)17-15(19-3)7-6-8-16(17)20-4/h6-8,12-14,18H,5,9-11H2,1-4H3. The van der Waals surface area contributed by atoms with Crippen LogP contribution in [-0.2, 0) is 0 Å². The molecule has 3 unspecified atom stereocenters. The Kier molecular flexibility index (Phi) is 5.30. The molecule has 0 radical (unpaired) electrons. The molecule has 0 heterocycles. The van der Waals surface area contributed by atoms with Gasteiger partial charge >= 0.3 is 0 Å². The van der Waals surface area contributed by atoms with Gasteiger partial charge in [-0.1, -0.05) is 19.9 Å². The Morgan fingerprint density at radius 1 is 1.15 bits per heavy atom. The van der Waals surface area contributed by atoms with Crippen molar-refractivity contribution < 1.29 is 9.47 Å². The maximum atomic E-state index is 5.56. The molecule has 1 aliphatic carbocycles. The molecule has 1 aromatic rings. The van der Waals surface area contributed by atoms with E-state index in [0.717, 1.165) is 18.0 Å². The van der Waals surface area contributed by atoms with E-state index in [2.05, 4.69) is 19.2 Å². The minimum atomic E-state index is 0.510. The second-order valence-corrected chi connectivity index (χ2v) is 5.68. The van der Waals surface area contributed by atoms with E-state index < -0.39 is 0 Å². The quantitative estimate of drug-likeness (QED) is 0.862. The highest BCUT2D eigenvalue weighted by Gasteiger charge is 2.36. The lowest BCUT2D eigenvalue weighted by Gasteiger charge is -2.25. The number of ether oxygens (including phenoxy) is 2. The van der Waals surface area contributed by atoms with Gasteiger partial charge in [-0.25, -0.2) is 0 Å². The fraction of sp³-hybridized carbons (Fsp3) is 0.647. The summed E-state index contributed by atoms with van der Waals surface area (Å²) in [7, 11) is 3.48. The fourth-order valence-corrected chi connectivity index (χ4v) is 3.44.